The first-order valence-electron chi connectivity index (χ1n) is 5.28. The summed E-state index contributed by atoms with van der Waals surface area (Å²) in [6.07, 6.45) is -15.0. The molecule has 0 radical (unpaired) electrons. The Morgan fingerprint density at radius 3 is 2.05 bits per heavy atom. The molecule has 0 amide bonds. The van der Waals surface area contributed by atoms with Gasteiger partial charge < -0.3 is 10.5 Å². The highest BCUT2D eigenvalue weighted by molar-refractivity contribution is 5.24. The minimum absolute atomic E-state index is 0.0262. The summed E-state index contributed by atoms with van der Waals surface area (Å²) < 4.78 is 90.2. The van der Waals surface area contributed by atoms with Gasteiger partial charge >= 0.3 is 12.4 Å². The van der Waals surface area contributed by atoms with Gasteiger partial charge in [-0.3, -0.25) is 0 Å². The molecule has 0 unspecified atom stereocenters. The van der Waals surface area contributed by atoms with E-state index in [9.17, 15) is 30.7 Å². The maximum absolute atomic E-state index is 13.1. The number of alkyl halides is 6. The Hall–Kier alpha value is -1.35. The van der Waals surface area contributed by atoms with Crippen molar-refractivity contribution in [2.75, 3.05) is 0 Å². The van der Waals surface area contributed by atoms with Gasteiger partial charge in [0.2, 0.25) is 6.10 Å². The first-order valence-corrected chi connectivity index (χ1v) is 5.28. The summed E-state index contributed by atoms with van der Waals surface area (Å²) in [4.78, 5) is 0. The number of nitrogens with two attached hydrogens (primary N) is 1. The molecule has 20 heavy (non-hydrogen) atoms. The van der Waals surface area contributed by atoms with Crippen molar-refractivity contribution in [1.29, 1.82) is 0 Å². The molecule has 0 spiro atoms. The molecule has 0 aliphatic heterocycles. The van der Waals surface area contributed by atoms with Crippen LogP contribution >= 0.6 is 0 Å². The number of ether oxygens (including phenoxy) is 1. The van der Waals surface area contributed by atoms with Crippen LogP contribution in [0.1, 0.15) is 11.1 Å². The van der Waals surface area contributed by atoms with E-state index in [0.29, 0.717) is 0 Å². The van der Waals surface area contributed by atoms with Gasteiger partial charge in [0.05, 0.1) is 6.61 Å². The predicted molar refractivity (Wildman–Crippen MR) is 55.0 cm³/mol. The largest absolute Gasteiger partial charge is 0.423 e. The third-order valence-corrected chi connectivity index (χ3v) is 2.34. The van der Waals surface area contributed by atoms with Crippen LogP contribution in [0.2, 0.25) is 0 Å². The number of hydrogen-bond acceptors (Lipinski definition) is 2. The zero-order chi connectivity index (χ0) is 15.6. The standard InChI is InChI=1S/C11H10F7NO/c12-8-2-1-6(3-7(8)4-19)5-20-9(10(13,14)15)11(16,17)18/h1-3,9H,4-5,19H2. The summed E-state index contributed by atoms with van der Waals surface area (Å²) >= 11 is 0. The molecule has 0 bridgehead atoms. The maximum atomic E-state index is 13.1. The van der Waals surface area contributed by atoms with Crippen molar-refractivity contribution in [3.8, 4) is 0 Å². The van der Waals surface area contributed by atoms with Gasteiger partial charge in [0, 0.05) is 12.1 Å². The molecule has 0 atom stereocenters. The van der Waals surface area contributed by atoms with Gasteiger partial charge in [-0.2, -0.15) is 26.3 Å². The lowest BCUT2D eigenvalue weighted by Gasteiger charge is -2.23. The number of hydrogen-bond donors (Lipinski definition) is 1. The summed E-state index contributed by atoms with van der Waals surface area (Å²) in [6.45, 7) is -1.20. The van der Waals surface area contributed by atoms with E-state index in [0.717, 1.165) is 18.2 Å². The van der Waals surface area contributed by atoms with Gasteiger partial charge in [0.25, 0.3) is 0 Å². The van der Waals surface area contributed by atoms with Gasteiger partial charge in [-0.15, -0.1) is 0 Å². The molecule has 0 aromatic heterocycles. The molecule has 9 heteroatoms. The zero-order valence-electron chi connectivity index (χ0n) is 9.85. The van der Waals surface area contributed by atoms with Crippen LogP contribution < -0.4 is 5.73 Å². The van der Waals surface area contributed by atoms with Crippen LogP contribution in [0, 0.1) is 5.82 Å². The van der Waals surface area contributed by atoms with Crippen LogP contribution in [-0.4, -0.2) is 18.5 Å². The summed E-state index contributed by atoms with van der Waals surface area (Å²) in [5.41, 5.74) is 5.11. The second-order valence-electron chi connectivity index (χ2n) is 3.90. The molecule has 0 saturated heterocycles. The van der Waals surface area contributed by atoms with Gasteiger partial charge in [-0.25, -0.2) is 4.39 Å². The number of benzene rings is 1. The third-order valence-electron chi connectivity index (χ3n) is 2.34. The Labute approximate surface area is 109 Å². The predicted octanol–water partition coefficient (Wildman–Crippen LogP) is 3.29. The van der Waals surface area contributed by atoms with Gasteiger partial charge in [-0.1, -0.05) is 6.07 Å². The van der Waals surface area contributed by atoms with E-state index in [-0.39, 0.29) is 17.7 Å². The molecular weight excluding hydrogens is 295 g/mol. The van der Waals surface area contributed by atoms with Crippen molar-refractivity contribution < 1.29 is 35.5 Å². The Balaban J connectivity index is 2.83. The van der Waals surface area contributed by atoms with Crippen LogP contribution in [0.3, 0.4) is 0 Å². The molecule has 0 fully saturated rings. The lowest BCUT2D eigenvalue weighted by Crippen LogP contribution is -2.44. The molecule has 0 aliphatic carbocycles. The van der Waals surface area contributed by atoms with Gasteiger partial charge in [0.1, 0.15) is 5.82 Å². The summed E-state index contributed by atoms with van der Waals surface area (Å²) in [5.74, 6) is -0.695. The lowest BCUT2D eigenvalue weighted by atomic mass is 10.1. The second kappa shape index (κ2) is 5.96. The summed E-state index contributed by atoms with van der Waals surface area (Å²) in [6, 6.07) is 2.98. The third kappa shape index (κ3) is 4.34. The van der Waals surface area contributed by atoms with Crippen molar-refractivity contribution in [1.82, 2.24) is 0 Å². The highest BCUT2D eigenvalue weighted by Crippen LogP contribution is 2.36. The molecule has 0 saturated carbocycles. The molecule has 1 rings (SSSR count). The Bertz CT molecular complexity index is 441. The van der Waals surface area contributed by atoms with Crippen LogP contribution in [0.5, 0.6) is 0 Å². The Morgan fingerprint density at radius 1 is 1.05 bits per heavy atom. The molecular formula is C11H10F7NO. The zero-order valence-corrected chi connectivity index (χ0v) is 9.85. The van der Waals surface area contributed by atoms with Crippen molar-refractivity contribution in [3.05, 3.63) is 35.1 Å². The van der Waals surface area contributed by atoms with Gasteiger partial charge in [-0.05, 0) is 17.7 Å². The van der Waals surface area contributed by atoms with E-state index in [1.54, 1.807) is 0 Å². The van der Waals surface area contributed by atoms with Crippen molar-refractivity contribution in [2.24, 2.45) is 5.73 Å². The van der Waals surface area contributed by atoms with Crippen LogP contribution in [0.25, 0.3) is 0 Å². The molecule has 114 valence electrons. The molecule has 0 aliphatic rings. The quantitative estimate of drug-likeness (QED) is 0.866. The normalized spacial score (nSPS) is 13.1. The number of rotatable bonds is 4. The maximum Gasteiger partial charge on any atom is 0.423 e. The second-order valence-corrected chi connectivity index (χ2v) is 3.90. The fraction of sp³-hybridized carbons (Fsp3) is 0.455. The van der Waals surface area contributed by atoms with Crippen molar-refractivity contribution in [3.63, 3.8) is 0 Å². The Morgan fingerprint density at radius 2 is 1.60 bits per heavy atom. The van der Waals surface area contributed by atoms with E-state index in [1.165, 1.54) is 0 Å². The summed E-state index contributed by atoms with van der Waals surface area (Å²) in [7, 11) is 0. The molecule has 0 heterocycles. The first kappa shape index (κ1) is 16.7. The van der Waals surface area contributed by atoms with E-state index in [2.05, 4.69) is 4.74 Å². The van der Waals surface area contributed by atoms with Crippen molar-refractivity contribution in [2.45, 2.75) is 31.6 Å². The van der Waals surface area contributed by atoms with E-state index in [1.807, 2.05) is 0 Å². The van der Waals surface area contributed by atoms with Crippen molar-refractivity contribution >= 4 is 0 Å². The summed E-state index contributed by atoms with van der Waals surface area (Å²) in [5, 5.41) is 0. The highest BCUT2D eigenvalue weighted by Gasteiger charge is 2.57. The minimum Gasteiger partial charge on any atom is -0.356 e. The first-order chi connectivity index (χ1) is 9.05. The monoisotopic (exact) mass is 305 g/mol. The smallest absolute Gasteiger partial charge is 0.356 e. The lowest BCUT2D eigenvalue weighted by molar-refractivity contribution is -0.324. The molecule has 1 aromatic carbocycles. The minimum atomic E-state index is -5.57. The SMILES string of the molecule is NCc1cc(COC(C(F)(F)F)C(F)(F)F)ccc1F. The van der Waals surface area contributed by atoms with Gasteiger partial charge in [0.15, 0.2) is 0 Å². The molecule has 2 N–H and O–H groups in total. The van der Waals surface area contributed by atoms with E-state index in [4.69, 9.17) is 5.73 Å². The topological polar surface area (TPSA) is 35.2 Å². The average Bonchev–Trinajstić information content (AvgIpc) is 2.27. The highest BCUT2D eigenvalue weighted by atomic mass is 19.4. The Kier molecular flexibility index (Phi) is 4.98. The van der Waals surface area contributed by atoms with Crippen LogP contribution in [0.4, 0.5) is 30.7 Å². The average molecular weight is 305 g/mol. The van der Waals surface area contributed by atoms with E-state index < -0.39 is 30.9 Å². The van der Waals surface area contributed by atoms with E-state index >= 15 is 0 Å². The molecule has 2 nitrogen and oxygen atoms in total. The number of halogens is 7. The fourth-order valence-corrected chi connectivity index (χ4v) is 1.43. The molecule has 1 aromatic rings. The fourth-order valence-electron chi connectivity index (χ4n) is 1.43. The van der Waals surface area contributed by atoms with Crippen LogP contribution in [-0.2, 0) is 17.9 Å². The van der Waals surface area contributed by atoms with Crippen LogP contribution in [0.15, 0.2) is 18.2 Å².